The maximum Gasteiger partial charge on any atom is 0.256 e. The Kier molecular flexibility index (Phi) is 5.77. The number of nitroso groups, excluding NO2 is 1. The monoisotopic (exact) mass is 423 g/mol. The molecule has 3 atom stereocenters. The number of Topliss-reactive ketones (excluding diaryl/α,β-unsaturated/α-hetero) is 1. The molecule has 3 unspecified atom stereocenters. The van der Waals surface area contributed by atoms with E-state index in [0.29, 0.717) is 11.4 Å². The molecule has 0 bridgehead atoms. The first kappa shape index (κ1) is 21.4. The summed E-state index contributed by atoms with van der Waals surface area (Å²) in [6.07, 6.45) is 6.72. The van der Waals surface area contributed by atoms with Crippen molar-refractivity contribution < 1.29 is 14.1 Å². The zero-order valence-electron chi connectivity index (χ0n) is 18.3. The van der Waals surface area contributed by atoms with Crippen LogP contribution >= 0.6 is 0 Å². The van der Waals surface area contributed by atoms with Crippen molar-refractivity contribution in [2.24, 2.45) is 22.4 Å². The second-order valence-corrected chi connectivity index (χ2v) is 9.72. The van der Waals surface area contributed by atoms with Gasteiger partial charge in [0.1, 0.15) is 17.7 Å². The number of ketones is 1. The van der Waals surface area contributed by atoms with Gasteiger partial charge < -0.3 is 9.42 Å². The van der Waals surface area contributed by atoms with Crippen molar-refractivity contribution in [1.82, 2.24) is 5.16 Å². The molecular formula is C24H29N3O4. The minimum absolute atomic E-state index is 0.0669. The van der Waals surface area contributed by atoms with Gasteiger partial charge in [-0.15, -0.1) is 4.91 Å². The number of carbonyl (C=O) groups is 2. The molecule has 0 N–H and O–H groups in total. The van der Waals surface area contributed by atoms with Gasteiger partial charge in [0.05, 0.1) is 12.0 Å². The lowest BCUT2D eigenvalue weighted by Crippen LogP contribution is -2.46. The van der Waals surface area contributed by atoms with Crippen molar-refractivity contribution in [3.05, 3.63) is 41.5 Å². The Morgan fingerprint density at radius 1 is 1.10 bits per heavy atom. The highest BCUT2D eigenvalue weighted by Gasteiger charge is 2.57. The van der Waals surface area contributed by atoms with Crippen LogP contribution in [0.1, 0.15) is 52.9 Å². The second kappa shape index (κ2) is 8.36. The van der Waals surface area contributed by atoms with Gasteiger partial charge in [0, 0.05) is 22.7 Å². The lowest BCUT2D eigenvalue weighted by molar-refractivity contribution is -0.132. The van der Waals surface area contributed by atoms with Crippen LogP contribution in [0.15, 0.2) is 46.3 Å². The van der Waals surface area contributed by atoms with Crippen molar-refractivity contribution in [3.63, 3.8) is 0 Å². The van der Waals surface area contributed by atoms with Gasteiger partial charge in [-0.1, -0.05) is 62.5 Å². The molecule has 0 spiro atoms. The van der Waals surface area contributed by atoms with Crippen molar-refractivity contribution >= 4 is 17.4 Å². The van der Waals surface area contributed by atoms with Gasteiger partial charge in [0.15, 0.2) is 6.04 Å². The van der Waals surface area contributed by atoms with E-state index in [4.69, 9.17) is 4.52 Å². The fourth-order valence-corrected chi connectivity index (χ4v) is 5.13. The standard InChI is InChI=1S/C24H29N3O4/c1-24(2,3)22(28)19-20(25-30)23(29)27(21(19)16-7-5-4-6-8-16)17-11-9-15(10-12-17)18-13-14-31-26-18/h9-14,16,19-21H,4-8H2,1-3H3. The first-order valence-electron chi connectivity index (χ1n) is 11.0. The van der Waals surface area contributed by atoms with Crippen LogP contribution in [0.4, 0.5) is 5.69 Å². The van der Waals surface area contributed by atoms with Crippen LogP contribution < -0.4 is 4.90 Å². The summed E-state index contributed by atoms with van der Waals surface area (Å²) < 4.78 is 4.91. The Bertz CT molecular complexity index is 940. The predicted octanol–water partition coefficient (Wildman–Crippen LogP) is 5.00. The summed E-state index contributed by atoms with van der Waals surface area (Å²) in [4.78, 5) is 40.3. The van der Waals surface area contributed by atoms with Crippen molar-refractivity contribution in [2.75, 3.05) is 4.90 Å². The minimum atomic E-state index is -1.17. The normalized spacial score (nSPS) is 25.1. The molecule has 4 rings (SSSR count). The number of nitrogens with zero attached hydrogens (tertiary/aromatic N) is 3. The molecule has 164 valence electrons. The Hall–Kier alpha value is -2.83. The molecule has 1 saturated heterocycles. The molecule has 1 aromatic carbocycles. The van der Waals surface area contributed by atoms with Crippen LogP contribution in [0.25, 0.3) is 11.3 Å². The van der Waals surface area contributed by atoms with E-state index in [-0.39, 0.29) is 23.7 Å². The summed E-state index contributed by atoms with van der Waals surface area (Å²) in [6.45, 7) is 5.53. The molecule has 2 heterocycles. The Morgan fingerprint density at radius 3 is 2.32 bits per heavy atom. The van der Waals surface area contributed by atoms with E-state index in [1.54, 1.807) is 11.0 Å². The average molecular weight is 424 g/mol. The number of hydrogen-bond acceptors (Lipinski definition) is 6. The van der Waals surface area contributed by atoms with E-state index < -0.39 is 17.4 Å². The molecule has 2 aliphatic rings. The molecule has 7 nitrogen and oxygen atoms in total. The highest BCUT2D eigenvalue weighted by molar-refractivity contribution is 6.06. The lowest BCUT2D eigenvalue weighted by atomic mass is 9.72. The largest absolute Gasteiger partial charge is 0.364 e. The second-order valence-electron chi connectivity index (χ2n) is 9.72. The molecule has 1 aliphatic heterocycles. The summed E-state index contributed by atoms with van der Waals surface area (Å²) in [5.74, 6) is -0.982. The van der Waals surface area contributed by atoms with Gasteiger partial charge in [-0.2, -0.15) is 0 Å². The van der Waals surface area contributed by atoms with Crippen LogP contribution in [-0.4, -0.2) is 28.9 Å². The van der Waals surface area contributed by atoms with E-state index in [1.807, 2.05) is 45.0 Å². The first-order valence-corrected chi connectivity index (χ1v) is 11.0. The molecule has 0 radical (unpaired) electrons. The zero-order valence-corrected chi connectivity index (χ0v) is 18.3. The summed E-state index contributed by atoms with van der Waals surface area (Å²) in [5.41, 5.74) is 1.60. The number of benzene rings is 1. The van der Waals surface area contributed by atoms with Gasteiger partial charge in [0.2, 0.25) is 0 Å². The molecule has 1 amide bonds. The quantitative estimate of drug-likeness (QED) is 0.631. The van der Waals surface area contributed by atoms with Crippen molar-refractivity contribution in [1.29, 1.82) is 0 Å². The van der Waals surface area contributed by atoms with Crippen LogP contribution in [-0.2, 0) is 9.59 Å². The van der Waals surface area contributed by atoms with Gasteiger partial charge in [0.25, 0.3) is 5.91 Å². The maximum atomic E-state index is 13.4. The SMILES string of the molecule is CC(C)(C)C(=O)C1C(N=O)C(=O)N(c2ccc(-c3ccon3)cc2)C1C1CCCCC1. The summed E-state index contributed by atoms with van der Waals surface area (Å²) >= 11 is 0. The fraction of sp³-hybridized carbons (Fsp3) is 0.542. The zero-order chi connectivity index (χ0) is 22.2. The van der Waals surface area contributed by atoms with Gasteiger partial charge in [-0.3, -0.25) is 9.59 Å². The highest BCUT2D eigenvalue weighted by atomic mass is 16.5. The molecule has 1 saturated carbocycles. The molecule has 2 aromatic rings. The third-order valence-electron chi connectivity index (χ3n) is 6.66. The predicted molar refractivity (Wildman–Crippen MR) is 117 cm³/mol. The van der Waals surface area contributed by atoms with Gasteiger partial charge >= 0.3 is 0 Å². The number of hydrogen-bond donors (Lipinski definition) is 0. The highest BCUT2D eigenvalue weighted by Crippen LogP contribution is 2.44. The van der Waals surface area contributed by atoms with E-state index in [0.717, 1.165) is 37.7 Å². The Morgan fingerprint density at radius 2 is 1.77 bits per heavy atom. The molecular weight excluding hydrogens is 394 g/mol. The van der Waals surface area contributed by atoms with E-state index in [1.165, 1.54) is 6.26 Å². The number of amides is 1. The summed E-state index contributed by atoms with van der Waals surface area (Å²) in [5, 5.41) is 7.13. The number of rotatable bonds is 5. The smallest absolute Gasteiger partial charge is 0.256 e. The van der Waals surface area contributed by atoms with Crippen molar-refractivity contribution in [2.45, 2.75) is 65.0 Å². The Balaban J connectivity index is 1.75. The molecule has 1 aromatic heterocycles. The van der Waals surface area contributed by atoms with Gasteiger partial charge in [-0.25, -0.2) is 0 Å². The number of aromatic nitrogens is 1. The minimum Gasteiger partial charge on any atom is -0.364 e. The maximum absolute atomic E-state index is 13.4. The van der Waals surface area contributed by atoms with Gasteiger partial charge in [-0.05, 0) is 30.9 Å². The van der Waals surface area contributed by atoms with Crippen LogP contribution in [0.2, 0.25) is 0 Å². The fourth-order valence-electron chi connectivity index (χ4n) is 5.13. The molecule has 7 heteroatoms. The van der Waals surface area contributed by atoms with Crippen LogP contribution in [0, 0.1) is 22.2 Å². The molecule has 31 heavy (non-hydrogen) atoms. The third-order valence-corrected chi connectivity index (χ3v) is 6.66. The average Bonchev–Trinajstić information content (AvgIpc) is 3.39. The van der Waals surface area contributed by atoms with E-state index in [2.05, 4.69) is 10.3 Å². The summed E-state index contributed by atoms with van der Waals surface area (Å²) in [7, 11) is 0. The van der Waals surface area contributed by atoms with Crippen LogP contribution in [0.3, 0.4) is 0 Å². The van der Waals surface area contributed by atoms with Crippen molar-refractivity contribution in [3.8, 4) is 11.3 Å². The molecule has 1 aliphatic carbocycles. The number of anilines is 1. The van der Waals surface area contributed by atoms with E-state index in [9.17, 15) is 14.5 Å². The van der Waals surface area contributed by atoms with E-state index >= 15 is 0 Å². The third kappa shape index (κ3) is 3.93. The number of carbonyl (C=O) groups excluding carboxylic acids is 2. The Labute approximate surface area is 182 Å². The first-order chi connectivity index (χ1) is 14.8. The molecule has 2 fully saturated rings. The van der Waals surface area contributed by atoms with Crippen LogP contribution in [0.5, 0.6) is 0 Å². The lowest BCUT2D eigenvalue weighted by Gasteiger charge is -2.37. The topological polar surface area (TPSA) is 92.8 Å². The summed E-state index contributed by atoms with van der Waals surface area (Å²) in [6, 6.07) is 7.70.